The average molecular weight is 2090 g/mol. The fourth-order valence-electron chi connectivity index (χ4n) is 14.5. The molecule has 1 saturated heterocycles. The zero-order valence-electron chi connectivity index (χ0n) is 80.5. The van der Waals surface area contributed by atoms with E-state index in [2.05, 4.69) is 85.1 Å². The van der Waals surface area contributed by atoms with Gasteiger partial charge in [0.2, 0.25) is 65.0 Å². The number of unbranched alkanes of at least 4 members (excludes halogenated alkanes) is 4. The molecular formula is C101H125Cl5N16O22. The number of amides is 16. The lowest BCUT2D eigenvalue weighted by Gasteiger charge is -2.29. The van der Waals surface area contributed by atoms with Gasteiger partial charge in [-0.25, -0.2) is 24.0 Å². The lowest BCUT2D eigenvalue weighted by molar-refractivity contribution is -0.136. The maximum Gasteiger partial charge on any atom is 0.407 e. The number of carbonyl (C=O) groups excluding carboxylic acids is 16. The van der Waals surface area contributed by atoms with Gasteiger partial charge in [0.1, 0.15) is 93.5 Å². The van der Waals surface area contributed by atoms with Crippen LogP contribution in [0.25, 0.3) is 0 Å². The first-order chi connectivity index (χ1) is 69.2. The van der Waals surface area contributed by atoms with Crippen LogP contribution in [0.5, 0.6) is 0 Å². The van der Waals surface area contributed by atoms with E-state index in [0.717, 1.165) is 19.3 Å². The largest absolute Gasteiger partial charge is 0.445 e. The van der Waals surface area contributed by atoms with Crippen molar-refractivity contribution in [1.29, 1.82) is 0 Å². The SMILES string of the molecule is CCCCCCCC(=O)N[C@@H](CCNC(=O)OCc1ccccc1Cl)C(=O)N[C@@H](C)C(=O)N[C@@H](CCNC(=O)OCc1ccccc1Cl)C(=O)N[C@H]1CCNC(=O)[C@H]([C@@H](C)OCc2ccccc2)NC(=O)[C@H](CCNC(=O)OCc2ccccc2Cl)NC(=O)[C@H](CCNC(=O)OCc2ccccc2Cl)NC(=O)[C@H](CC(C)C)NC(=O)[C@@H](Cc2ccccc2)NC(=O)[C@H](CCNC(=O)OCc2ccccc2Cl)NC1=O. The number of rotatable bonds is 46. The third-order valence-corrected chi connectivity index (χ3v) is 24.4. The smallest absolute Gasteiger partial charge is 0.407 e. The van der Waals surface area contributed by atoms with Crippen LogP contribution < -0.4 is 85.1 Å². The molecule has 7 aromatic rings. The molecule has 1 fully saturated rings. The zero-order chi connectivity index (χ0) is 104. The fourth-order valence-corrected chi connectivity index (χ4v) is 15.4. The minimum atomic E-state index is -1.96. The predicted octanol–water partition coefficient (Wildman–Crippen LogP) is 10.5. The molecule has 11 atom stereocenters. The molecule has 7 aromatic carbocycles. The Kier molecular flexibility index (Phi) is 50.5. The van der Waals surface area contributed by atoms with Crippen LogP contribution in [0.3, 0.4) is 0 Å². The molecule has 16 amide bonds. The number of halogens is 5. The van der Waals surface area contributed by atoms with Gasteiger partial charge in [-0.3, -0.25) is 52.7 Å². The summed E-state index contributed by atoms with van der Waals surface area (Å²) in [5, 5.41) is 43.5. The van der Waals surface area contributed by atoms with Crippen molar-refractivity contribution in [1.82, 2.24) is 85.1 Å². The van der Waals surface area contributed by atoms with E-state index in [1.807, 2.05) is 6.92 Å². The van der Waals surface area contributed by atoms with Crippen LogP contribution in [0.2, 0.25) is 25.1 Å². The third-order valence-electron chi connectivity index (χ3n) is 22.6. The Hall–Kier alpha value is -13.5. The molecule has 0 aliphatic carbocycles. The van der Waals surface area contributed by atoms with E-state index < -0.39 is 233 Å². The molecule has 8 rings (SSSR count). The van der Waals surface area contributed by atoms with Crippen molar-refractivity contribution in [3.63, 3.8) is 0 Å². The van der Waals surface area contributed by atoms with E-state index in [4.69, 9.17) is 86.4 Å². The minimum absolute atomic E-state index is 0.0159. The van der Waals surface area contributed by atoms with Crippen molar-refractivity contribution in [3.8, 4) is 0 Å². The molecule has 43 heteroatoms. The van der Waals surface area contributed by atoms with Gasteiger partial charge < -0.3 is 113 Å². The maximum atomic E-state index is 15.9. The third kappa shape index (κ3) is 42.2. The highest BCUT2D eigenvalue weighted by Crippen LogP contribution is 2.23. The van der Waals surface area contributed by atoms with Crippen LogP contribution in [0.1, 0.15) is 157 Å². The first-order valence-electron chi connectivity index (χ1n) is 47.4. The fraction of sp³-hybridized carbons (Fsp3) is 0.426. The van der Waals surface area contributed by atoms with Crippen LogP contribution >= 0.6 is 58.0 Å². The molecule has 776 valence electrons. The summed E-state index contributed by atoms with van der Waals surface area (Å²) in [4.78, 5) is 234. The second-order valence-electron chi connectivity index (χ2n) is 34.2. The summed E-state index contributed by atoms with van der Waals surface area (Å²) in [6.45, 7) is 3.80. The van der Waals surface area contributed by atoms with Crippen LogP contribution in [-0.2, 0) is 127 Å². The zero-order valence-corrected chi connectivity index (χ0v) is 84.3. The first-order valence-corrected chi connectivity index (χ1v) is 49.3. The van der Waals surface area contributed by atoms with Gasteiger partial charge in [-0.1, -0.05) is 256 Å². The van der Waals surface area contributed by atoms with Gasteiger partial charge in [0.05, 0.1) is 12.7 Å². The monoisotopic (exact) mass is 2090 g/mol. The van der Waals surface area contributed by atoms with Crippen molar-refractivity contribution in [3.05, 3.63) is 246 Å². The Morgan fingerprint density at radius 3 is 1.13 bits per heavy atom. The van der Waals surface area contributed by atoms with Gasteiger partial charge in [0, 0.05) is 105 Å². The van der Waals surface area contributed by atoms with Gasteiger partial charge in [0.15, 0.2) is 0 Å². The Bertz CT molecular complexity index is 5430. The lowest BCUT2D eigenvalue weighted by Crippen LogP contribution is -2.61. The van der Waals surface area contributed by atoms with Crippen molar-refractivity contribution in [2.75, 3.05) is 39.3 Å². The van der Waals surface area contributed by atoms with Gasteiger partial charge in [-0.2, -0.15) is 0 Å². The van der Waals surface area contributed by atoms with E-state index >= 15 is 38.4 Å². The highest BCUT2D eigenvalue weighted by Gasteiger charge is 2.39. The Balaban J connectivity index is 1.20. The summed E-state index contributed by atoms with van der Waals surface area (Å²) >= 11 is 31.8. The van der Waals surface area contributed by atoms with E-state index in [-0.39, 0.29) is 86.9 Å². The molecule has 0 bridgehead atoms. The molecule has 0 spiro atoms. The summed E-state index contributed by atoms with van der Waals surface area (Å²) in [6.07, 6.45) is -5.79. The maximum absolute atomic E-state index is 15.9. The summed E-state index contributed by atoms with van der Waals surface area (Å²) in [7, 11) is 0. The molecule has 1 heterocycles. The van der Waals surface area contributed by atoms with Gasteiger partial charge in [-0.05, 0) is 113 Å². The quantitative estimate of drug-likeness (QED) is 0.0124. The highest BCUT2D eigenvalue weighted by molar-refractivity contribution is 6.32. The summed E-state index contributed by atoms with van der Waals surface area (Å²) in [6, 6.07) is 32.4. The molecule has 0 unspecified atom stereocenters. The molecule has 144 heavy (non-hydrogen) atoms. The minimum Gasteiger partial charge on any atom is -0.445 e. The Morgan fingerprint density at radius 1 is 0.361 bits per heavy atom. The second kappa shape index (κ2) is 62.8. The van der Waals surface area contributed by atoms with E-state index in [9.17, 15) is 38.4 Å². The van der Waals surface area contributed by atoms with E-state index in [1.54, 1.807) is 196 Å². The molecule has 38 nitrogen and oxygen atoms in total. The van der Waals surface area contributed by atoms with Crippen molar-refractivity contribution in [2.24, 2.45) is 5.92 Å². The molecule has 0 aromatic heterocycles. The normalized spacial score (nSPS) is 17.4. The van der Waals surface area contributed by atoms with Crippen LogP contribution in [0.4, 0.5) is 24.0 Å². The van der Waals surface area contributed by atoms with Crippen molar-refractivity contribution >= 4 is 153 Å². The van der Waals surface area contributed by atoms with Crippen molar-refractivity contribution in [2.45, 2.75) is 231 Å². The van der Waals surface area contributed by atoms with Crippen molar-refractivity contribution < 1.29 is 105 Å². The molecule has 0 radical (unpaired) electrons. The number of alkyl carbamates (subject to hydrolysis) is 5. The number of ether oxygens (including phenoxy) is 6. The Morgan fingerprint density at radius 2 is 0.715 bits per heavy atom. The molecular weight excluding hydrogens is 1970 g/mol. The summed E-state index contributed by atoms with van der Waals surface area (Å²) in [5.74, 6) is -11.7. The molecule has 16 N–H and O–H groups in total. The number of benzene rings is 7. The molecule has 1 aliphatic rings. The number of hydrogen-bond donors (Lipinski definition) is 16. The van der Waals surface area contributed by atoms with Crippen LogP contribution in [0.15, 0.2) is 182 Å². The highest BCUT2D eigenvalue weighted by atomic mass is 35.5. The van der Waals surface area contributed by atoms with E-state index in [0.29, 0.717) is 61.8 Å². The summed E-state index contributed by atoms with van der Waals surface area (Å²) in [5.41, 5.74) is 3.28. The average Bonchev–Trinajstić information content (AvgIpc) is 1.37. The number of hydrogen-bond acceptors (Lipinski definition) is 22. The van der Waals surface area contributed by atoms with Gasteiger partial charge in [-0.15, -0.1) is 0 Å². The van der Waals surface area contributed by atoms with Crippen LogP contribution in [-0.4, -0.2) is 201 Å². The molecule has 1 aliphatic heterocycles. The lowest BCUT2D eigenvalue weighted by atomic mass is 10.00. The summed E-state index contributed by atoms with van der Waals surface area (Å²) < 4.78 is 33.6. The second-order valence-corrected chi connectivity index (χ2v) is 36.3. The predicted molar refractivity (Wildman–Crippen MR) is 538 cm³/mol. The van der Waals surface area contributed by atoms with E-state index in [1.165, 1.54) is 13.8 Å². The van der Waals surface area contributed by atoms with Gasteiger partial charge in [0.25, 0.3) is 0 Å². The number of carbonyl (C=O) groups is 16. The first kappa shape index (κ1) is 116. The number of nitrogens with one attached hydrogen (secondary N) is 16. The standard InChI is InChI=1S/C101H125Cl5N16O22/c1-6-7-8-9-16-41-85(123)114-77(43-49-108-97(134)140-57-67-31-17-22-36-72(67)102)88(125)113-63(4)87(124)115-78(44-50-109-98(135)141-58-68-32-18-23-37-73(68)103)89(126)116-79-42-48-107-96(133)86(64(5)139-56-66-29-14-11-15-30-66)122-93(130)82(47-53-112-101(138)144-61-71-35-21-26-40-76(71)106)118-91(128)80(45-51-110-99(136)142-59-69-33-19-24-38-74(69)104)119-94(131)83(54-62(2)3)120-95(132)84(55-65-27-12-10-13-28-65)121-92(129)81(117-90(79)127)46-52-111-100(137)143-60-70-34-20-25-39-75(70)105/h10-15,17-40,62-64,77-84,86H,6-9,16,41-61H2,1-5H3,(H,107,133)(H,108,134)(H,109,135)(H,110,136)(H,111,137)(H,112,138)(H,113,125)(H,114,123)(H,115,124)(H,116,126)(H,117,127)(H,118,128)(H,119,131)(H,120,132)(H,121,129)(H,122,130)/t63-,64+,77-,78-,79-,80-,81-,82-,83-,84+,86-/m0/s1. The topological polar surface area (TPSA) is 521 Å². The van der Waals surface area contributed by atoms with Crippen LogP contribution in [0, 0.1) is 5.92 Å². The van der Waals surface area contributed by atoms with Gasteiger partial charge >= 0.3 is 30.5 Å². The Labute approximate surface area is 860 Å². The molecule has 0 saturated carbocycles.